The monoisotopic (exact) mass is 455 g/mol. The van der Waals surface area contributed by atoms with Crippen LogP contribution >= 0.6 is 0 Å². The molecule has 2 aromatic heterocycles. The van der Waals surface area contributed by atoms with E-state index < -0.39 is 15.9 Å². The Hall–Kier alpha value is -3.14. The Bertz CT molecular complexity index is 1300. The lowest BCUT2D eigenvalue weighted by molar-refractivity contribution is 0.146. The topological polar surface area (TPSA) is 109 Å². The average Bonchev–Trinajstić information content (AvgIpc) is 3.29. The van der Waals surface area contributed by atoms with E-state index in [-0.39, 0.29) is 6.04 Å². The number of carbonyl (C=O) groups is 1. The van der Waals surface area contributed by atoms with Gasteiger partial charge in [0.15, 0.2) is 9.84 Å². The minimum Gasteiger partial charge on any atom is -0.465 e. The van der Waals surface area contributed by atoms with E-state index in [0.29, 0.717) is 18.0 Å². The average molecular weight is 456 g/mol. The maximum absolute atomic E-state index is 11.9. The maximum Gasteiger partial charge on any atom is 0.407 e. The van der Waals surface area contributed by atoms with Crippen molar-refractivity contribution in [1.82, 2.24) is 19.4 Å². The number of hydrogen-bond acceptors (Lipinski definition) is 6. The van der Waals surface area contributed by atoms with E-state index in [1.54, 1.807) is 18.5 Å². The molecule has 1 fully saturated rings. The van der Waals surface area contributed by atoms with Crippen LogP contribution in [0.1, 0.15) is 30.9 Å². The van der Waals surface area contributed by atoms with Gasteiger partial charge in [0.05, 0.1) is 10.3 Å². The number of anilines is 2. The fraction of sp³-hybridized carbons (Fsp3) is 0.409. The van der Waals surface area contributed by atoms with Crippen LogP contribution in [-0.2, 0) is 16.3 Å². The molecule has 4 heterocycles. The zero-order valence-corrected chi connectivity index (χ0v) is 18.6. The molecule has 10 heteroatoms. The minimum absolute atomic E-state index is 0.183. The van der Waals surface area contributed by atoms with Gasteiger partial charge in [0.25, 0.3) is 0 Å². The van der Waals surface area contributed by atoms with Crippen molar-refractivity contribution in [2.45, 2.75) is 36.6 Å². The van der Waals surface area contributed by atoms with Gasteiger partial charge in [-0.1, -0.05) is 0 Å². The molecule has 3 aromatic rings. The van der Waals surface area contributed by atoms with Gasteiger partial charge in [-0.05, 0) is 55.5 Å². The Labute approximate surface area is 186 Å². The first-order valence-corrected chi connectivity index (χ1v) is 12.6. The number of sulfone groups is 1. The minimum atomic E-state index is -3.25. The molecule has 1 atom stereocenters. The number of benzene rings is 1. The molecular formula is C22H25N5O4S. The van der Waals surface area contributed by atoms with Gasteiger partial charge < -0.3 is 19.5 Å². The number of hydrogen-bond donors (Lipinski definition) is 1. The Morgan fingerprint density at radius 2 is 1.97 bits per heavy atom. The molecule has 168 valence electrons. The standard InChI is InChI=1S/C22H25N5O4S/c1-32(30,31)17-4-5-19-15(13-17)6-11-27(19)21-18-8-12-26(20(18)23-14-24-21)16-3-2-9-25(10-7-16)22(28)29/h4-5,8,12-14,16H,2-3,6-7,9-11H2,1H3,(H,28,29). The summed E-state index contributed by atoms with van der Waals surface area (Å²) in [6.45, 7) is 1.79. The number of amides is 1. The van der Waals surface area contributed by atoms with Crippen LogP contribution in [0.3, 0.4) is 0 Å². The number of nitrogens with zero attached hydrogens (tertiary/aromatic N) is 5. The second-order valence-corrected chi connectivity index (χ2v) is 10.5. The summed E-state index contributed by atoms with van der Waals surface area (Å²) in [5.41, 5.74) is 2.80. The van der Waals surface area contributed by atoms with Gasteiger partial charge in [0.1, 0.15) is 17.8 Å². The number of fused-ring (bicyclic) bond motifs is 2. The molecule has 2 aliphatic rings. The van der Waals surface area contributed by atoms with Crippen LogP contribution in [-0.4, -0.2) is 64.9 Å². The number of rotatable bonds is 3. The summed E-state index contributed by atoms with van der Waals surface area (Å²) in [7, 11) is -3.25. The van der Waals surface area contributed by atoms with E-state index in [1.807, 2.05) is 18.3 Å². The second kappa shape index (κ2) is 7.77. The molecule has 1 aromatic carbocycles. The Morgan fingerprint density at radius 1 is 1.12 bits per heavy atom. The highest BCUT2D eigenvalue weighted by molar-refractivity contribution is 7.90. The summed E-state index contributed by atoms with van der Waals surface area (Å²) < 4.78 is 26.0. The van der Waals surface area contributed by atoms with Gasteiger partial charge >= 0.3 is 6.09 Å². The molecule has 9 nitrogen and oxygen atoms in total. The molecule has 1 N–H and O–H groups in total. The van der Waals surface area contributed by atoms with Gasteiger partial charge in [0.2, 0.25) is 0 Å². The molecule has 1 amide bonds. The van der Waals surface area contributed by atoms with Crippen LogP contribution in [0.2, 0.25) is 0 Å². The molecule has 1 unspecified atom stereocenters. The van der Waals surface area contributed by atoms with Gasteiger partial charge in [-0.3, -0.25) is 0 Å². The lowest BCUT2D eigenvalue weighted by atomic mass is 10.1. The molecule has 32 heavy (non-hydrogen) atoms. The summed E-state index contributed by atoms with van der Waals surface area (Å²) in [5.74, 6) is 0.806. The number of aromatic nitrogens is 3. The summed E-state index contributed by atoms with van der Waals surface area (Å²) >= 11 is 0. The molecule has 0 spiro atoms. The predicted octanol–water partition coefficient (Wildman–Crippen LogP) is 3.23. The zero-order chi connectivity index (χ0) is 22.5. The lowest BCUT2D eigenvalue weighted by Gasteiger charge is -2.21. The molecule has 0 aliphatic carbocycles. The first kappa shape index (κ1) is 20.7. The van der Waals surface area contributed by atoms with Crippen molar-refractivity contribution >= 4 is 38.5 Å². The summed E-state index contributed by atoms with van der Waals surface area (Å²) in [5, 5.41) is 10.2. The summed E-state index contributed by atoms with van der Waals surface area (Å²) in [4.78, 5) is 24.4. The first-order valence-electron chi connectivity index (χ1n) is 10.7. The molecule has 0 saturated carbocycles. The van der Waals surface area contributed by atoms with Crippen molar-refractivity contribution in [1.29, 1.82) is 0 Å². The van der Waals surface area contributed by atoms with Crippen LogP contribution in [0, 0.1) is 0 Å². The third-order valence-electron chi connectivity index (χ3n) is 6.48. The normalized spacial score (nSPS) is 19.2. The van der Waals surface area contributed by atoms with E-state index in [2.05, 4.69) is 19.4 Å². The van der Waals surface area contributed by atoms with Crippen LogP contribution < -0.4 is 4.90 Å². The maximum atomic E-state index is 11.9. The summed E-state index contributed by atoms with van der Waals surface area (Å²) in [6.07, 6.45) is 7.16. The van der Waals surface area contributed by atoms with Crippen LogP contribution in [0.25, 0.3) is 11.0 Å². The largest absolute Gasteiger partial charge is 0.465 e. The van der Waals surface area contributed by atoms with Crippen molar-refractivity contribution in [3.8, 4) is 0 Å². The quantitative estimate of drug-likeness (QED) is 0.646. The van der Waals surface area contributed by atoms with Crippen molar-refractivity contribution in [3.63, 3.8) is 0 Å². The molecule has 1 saturated heterocycles. The van der Waals surface area contributed by atoms with Gasteiger partial charge in [-0.25, -0.2) is 23.2 Å². The summed E-state index contributed by atoms with van der Waals surface area (Å²) in [6, 6.07) is 7.47. The van der Waals surface area contributed by atoms with Crippen LogP contribution in [0.5, 0.6) is 0 Å². The molecule has 2 aliphatic heterocycles. The molecule has 0 bridgehead atoms. The first-order chi connectivity index (χ1) is 15.3. The van der Waals surface area contributed by atoms with E-state index in [0.717, 1.165) is 60.3 Å². The number of likely N-dealkylation sites (tertiary alicyclic amines) is 1. The van der Waals surface area contributed by atoms with Crippen LogP contribution in [0.4, 0.5) is 16.3 Å². The fourth-order valence-corrected chi connectivity index (χ4v) is 5.52. The highest BCUT2D eigenvalue weighted by Gasteiger charge is 2.27. The van der Waals surface area contributed by atoms with Crippen molar-refractivity contribution in [2.75, 3.05) is 30.8 Å². The van der Waals surface area contributed by atoms with Gasteiger partial charge in [0, 0.05) is 43.8 Å². The predicted molar refractivity (Wildman–Crippen MR) is 120 cm³/mol. The van der Waals surface area contributed by atoms with Crippen molar-refractivity contribution in [2.24, 2.45) is 0 Å². The highest BCUT2D eigenvalue weighted by atomic mass is 32.2. The zero-order valence-electron chi connectivity index (χ0n) is 17.8. The molecule has 5 rings (SSSR count). The molecular weight excluding hydrogens is 430 g/mol. The van der Waals surface area contributed by atoms with Gasteiger partial charge in [-0.2, -0.15) is 0 Å². The second-order valence-electron chi connectivity index (χ2n) is 8.48. The molecule has 0 radical (unpaired) electrons. The van der Waals surface area contributed by atoms with E-state index in [9.17, 15) is 18.3 Å². The van der Waals surface area contributed by atoms with E-state index >= 15 is 0 Å². The third kappa shape index (κ3) is 3.58. The lowest BCUT2D eigenvalue weighted by Crippen LogP contribution is -2.30. The van der Waals surface area contributed by atoms with Crippen LogP contribution in [0.15, 0.2) is 41.7 Å². The Morgan fingerprint density at radius 3 is 2.75 bits per heavy atom. The SMILES string of the molecule is CS(=O)(=O)c1ccc2c(c1)CCN2c1ncnc2c1ccn2C1CCCN(C(=O)O)CC1. The van der Waals surface area contributed by atoms with Gasteiger partial charge in [-0.15, -0.1) is 0 Å². The Balaban J connectivity index is 1.48. The van der Waals surface area contributed by atoms with E-state index in [1.165, 1.54) is 11.2 Å². The highest BCUT2D eigenvalue weighted by Crippen LogP contribution is 2.38. The Kier molecular flexibility index (Phi) is 5.04. The van der Waals surface area contributed by atoms with Crippen molar-refractivity contribution in [3.05, 3.63) is 42.4 Å². The third-order valence-corrected chi connectivity index (χ3v) is 7.59. The fourth-order valence-electron chi connectivity index (χ4n) is 4.84. The smallest absolute Gasteiger partial charge is 0.407 e. The number of carboxylic acid groups (broad SMARTS) is 1. The van der Waals surface area contributed by atoms with Crippen molar-refractivity contribution < 1.29 is 18.3 Å². The van der Waals surface area contributed by atoms with E-state index in [4.69, 9.17) is 0 Å².